The predicted octanol–water partition coefficient (Wildman–Crippen LogP) is 4.76. The van der Waals surface area contributed by atoms with Crippen LogP contribution in [0.4, 0.5) is 5.69 Å². The van der Waals surface area contributed by atoms with Crippen molar-refractivity contribution in [3.8, 4) is 11.8 Å². The van der Waals surface area contributed by atoms with Crippen LogP contribution >= 0.6 is 11.8 Å². The van der Waals surface area contributed by atoms with Crippen LogP contribution in [0, 0.1) is 11.3 Å². The van der Waals surface area contributed by atoms with Gasteiger partial charge in [-0.2, -0.15) is 5.26 Å². The number of aliphatic hydroxyl groups excluding tert-OH is 1. The maximum atomic E-state index is 12.5. The van der Waals surface area contributed by atoms with Gasteiger partial charge in [-0.3, -0.25) is 0 Å². The summed E-state index contributed by atoms with van der Waals surface area (Å²) in [4.78, 5) is 17.5. The lowest BCUT2D eigenvalue weighted by Crippen LogP contribution is -2.12. The van der Waals surface area contributed by atoms with Gasteiger partial charge in [0.15, 0.2) is 0 Å². The van der Waals surface area contributed by atoms with Crippen molar-refractivity contribution in [1.82, 2.24) is 0 Å². The summed E-state index contributed by atoms with van der Waals surface area (Å²) in [5, 5.41) is 20.0. The summed E-state index contributed by atoms with van der Waals surface area (Å²) in [5.41, 5.74) is 1.87. The Morgan fingerprint density at radius 1 is 1.24 bits per heavy atom. The van der Waals surface area contributed by atoms with Crippen LogP contribution in [0.15, 0.2) is 69.8 Å². The minimum absolute atomic E-state index is 0.0163. The highest BCUT2D eigenvalue weighted by atomic mass is 32.2. The third-order valence-electron chi connectivity index (χ3n) is 4.01. The van der Waals surface area contributed by atoms with Gasteiger partial charge < -0.3 is 14.6 Å². The summed E-state index contributed by atoms with van der Waals surface area (Å²) in [6.07, 6.45) is 1.73. The molecule has 2 aromatic carbocycles. The molecule has 0 unspecified atom stereocenters. The molecule has 29 heavy (non-hydrogen) atoms. The molecular formula is C22H18N2O4S. The average molecular weight is 406 g/mol. The van der Waals surface area contributed by atoms with Crippen molar-refractivity contribution >= 4 is 34.5 Å². The number of ether oxygens (including phenoxy) is 2. The van der Waals surface area contributed by atoms with Crippen molar-refractivity contribution in [2.45, 2.75) is 6.92 Å². The Morgan fingerprint density at radius 2 is 1.97 bits per heavy atom. The second kappa shape index (κ2) is 9.13. The lowest BCUT2D eigenvalue weighted by molar-refractivity contribution is -0.138. The van der Waals surface area contributed by atoms with Crippen molar-refractivity contribution in [3.63, 3.8) is 0 Å². The molecule has 2 aromatic rings. The zero-order chi connectivity index (χ0) is 20.8. The second-order valence-corrected chi connectivity index (χ2v) is 6.91. The zero-order valence-electron chi connectivity index (χ0n) is 15.9. The molecule has 1 aliphatic heterocycles. The Hall–Kier alpha value is -3.50. The van der Waals surface area contributed by atoms with Gasteiger partial charge in [0, 0.05) is 0 Å². The monoisotopic (exact) mass is 406 g/mol. The van der Waals surface area contributed by atoms with Crippen LogP contribution in [0.1, 0.15) is 18.1 Å². The number of esters is 1. The van der Waals surface area contributed by atoms with Crippen molar-refractivity contribution in [3.05, 3.63) is 75.9 Å². The number of carbonyl (C=O) groups excluding carboxylic acids is 1. The normalized spacial score (nSPS) is 16.2. The van der Waals surface area contributed by atoms with Gasteiger partial charge >= 0.3 is 5.97 Å². The van der Waals surface area contributed by atoms with Gasteiger partial charge in [0.1, 0.15) is 27.8 Å². The lowest BCUT2D eigenvalue weighted by Gasteiger charge is -2.06. The molecule has 0 bridgehead atoms. The van der Waals surface area contributed by atoms with Crippen LogP contribution < -0.4 is 4.74 Å². The second-order valence-electron chi connectivity index (χ2n) is 5.88. The predicted molar refractivity (Wildman–Crippen MR) is 113 cm³/mol. The first kappa shape index (κ1) is 20.2. The number of methoxy groups -OCH3 is 1. The summed E-state index contributed by atoms with van der Waals surface area (Å²) in [6, 6.07) is 16.1. The van der Waals surface area contributed by atoms with Gasteiger partial charge in [-0.15, -0.1) is 0 Å². The molecule has 1 heterocycles. The van der Waals surface area contributed by atoms with E-state index in [1.807, 2.05) is 12.1 Å². The van der Waals surface area contributed by atoms with E-state index < -0.39 is 5.97 Å². The number of thioether (sulfide) groups is 1. The number of hydrogen-bond donors (Lipinski definition) is 1. The van der Waals surface area contributed by atoms with E-state index in [4.69, 9.17) is 14.7 Å². The first-order valence-corrected chi connectivity index (χ1v) is 9.61. The molecule has 1 N–H and O–H groups in total. The molecule has 0 saturated heterocycles. The quantitative estimate of drug-likeness (QED) is 0.720. The van der Waals surface area contributed by atoms with E-state index >= 15 is 0 Å². The van der Waals surface area contributed by atoms with Gasteiger partial charge in [0.2, 0.25) is 0 Å². The fourth-order valence-electron chi connectivity index (χ4n) is 2.63. The molecule has 0 atom stereocenters. The largest absolute Gasteiger partial charge is 0.506 e. The summed E-state index contributed by atoms with van der Waals surface area (Å²) >= 11 is 1.17. The van der Waals surface area contributed by atoms with Crippen molar-refractivity contribution in [1.29, 1.82) is 5.26 Å². The van der Waals surface area contributed by atoms with Gasteiger partial charge in [-0.25, -0.2) is 9.79 Å². The summed E-state index contributed by atoms with van der Waals surface area (Å²) in [5.74, 6) is -0.284. The zero-order valence-corrected chi connectivity index (χ0v) is 16.7. The van der Waals surface area contributed by atoms with Crippen molar-refractivity contribution < 1.29 is 19.4 Å². The molecular weight excluding hydrogens is 388 g/mol. The molecule has 6 nitrogen and oxygen atoms in total. The number of aliphatic imine (C=N–C) groups is 1. The number of benzene rings is 2. The van der Waals surface area contributed by atoms with E-state index in [0.717, 1.165) is 5.56 Å². The van der Waals surface area contributed by atoms with E-state index in [-0.39, 0.29) is 17.9 Å². The van der Waals surface area contributed by atoms with E-state index in [0.29, 0.717) is 26.9 Å². The molecule has 1 aliphatic rings. The average Bonchev–Trinajstić information content (AvgIpc) is 3.04. The summed E-state index contributed by atoms with van der Waals surface area (Å²) in [6.45, 7) is 1.87. The Kier molecular flexibility index (Phi) is 6.37. The third-order valence-corrected chi connectivity index (χ3v) is 5.03. The number of rotatable bonds is 5. The van der Waals surface area contributed by atoms with E-state index in [9.17, 15) is 9.90 Å². The number of aliphatic hydroxyl groups is 1. The van der Waals surface area contributed by atoms with Crippen LogP contribution in [0.25, 0.3) is 6.08 Å². The van der Waals surface area contributed by atoms with Crippen molar-refractivity contribution in [2.24, 2.45) is 4.99 Å². The molecule has 0 aromatic heterocycles. The molecule has 0 amide bonds. The third kappa shape index (κ3) is 4.50. The van der Waals surface area contributed by atoms with Crippen LogP contribution in [-0.4, -0.2) is 29.8 Å². The number of hydrogen-bond acceptors (Lipinski definition) is 7. The molecule has 146 valence electrons. The fourth-order valence-corrected chi connectivity index (χ4v) is 3.66. The van der Waals surface area contributed by atoms with Crippen molar-refractivity contribution in [2.75, 3.05) is 13.7 Å². The molecule has 7 heteroatoms. The highest BCUT2D eigenvalue weighted by Crippen LogP contribution is 2.41. The number of para-hydroxylation sites is 2. The Morgan fingerprint density at radius 3 is 2.62 bits per heavy atom. The Bertz CT molecular complexity index is 1060. The minimum atomic E-state index is -0.644. The van der Waals surface area contributed by atoms with E-state index in [1.165, 1.54) is 18.9 Å². The fraction of sp³-hybridized carbons (Fsp3) is 0.136. The molecule has 0 spiro atoms. The van der Waals surface area contributed by atoms with Gasteiger partial charge in [-0.05, 0) is 42.8 Å². The maximum absolute atomic E-state index is 12.5. The molecule has 0 aliphatic carbocycles. The summed E-state index contributed by atoms with van der Waals surface area (Å²) in [7, 11) is 1.54. The molecule has 0 fully saturated rings. The maximum Gasteiger partial charge on any atom is 0.344 e. The van der Waals surface area contributed by atoms with E-state index in [1.54, 1.807) is 49.4 Å². The number of nitrogens with zero attached hydrogens (tertiary/aromatic N) is 2. The topological polar surface area (TPSA) is 91.9 Å². The molecule has 0 saturated carbocycles. The van der Waals surface area contributed by atoms with Gasteiger partial charge in [0.25, 0.3) is 0 Å². The Labute approximate surface area is 172 Å². The van der Waals surface area contributed by atoms with Crippen LogP contribution in [-0.2, 0) is 9.53 Å². The Balaban J connectivity index is 2.05. The number of carbonyl (C=O) groups is 1. The number of nitriles is 1. The minimum Gasteiger partial charge on any atom is -0.506 e. The first-order valence-electron chi connectivity index (χ1n) is 8.80. The van der Waals surface area contributed by atoms with Crippen LogP contribution in [0.3, 0.4) is 0 Å². The first-order chi connectivity index (χ1) is 14.1. The molecule has 0 radical (unpaired) electrons. The van der Waals surface area contributed by atoms with Gasteiger partial charge in [-0.1, -0.05) is 36.0 Å². The molecule has 3 rings (SSSR count). The lowest BCUT2D eigenvalue weighted by atomic mass is 10.1. The summed E-state index contributed by atoms with van der Waals surface area (Å²) < 4.78 is 10.4. The van der Waals surface area contributed by atoms with Crippen LogP contribution in [0.5, 0.6) is 5.75 Å². The SMILES string of the molecule is CCOC(=O)C1=C(O)/C(=C\c2ccc(C#N)cc2)SC1=Nc1ccccc1OC. The standard InChI is InChI=1S/C22H18N2O4S/c1-3-28-22(26)19-20(25)18(12-14-8-10-15(13-23)11-9-14)29-21(19)24-16-6-4-5-7-17(16)27-2/h4-12,25H,3H2,1-2H3/b18-12+,24-21?. The van der Waals surface area contributed by atoms with E-state index in [2.05, 4.69) is 11.1 Å². The van der Waals surface area contributed by atoms with Crippen LogP contribution in [0.2, 0.25) is 0 Å². The van der Waals surface area contributed by atoms with Gasteiger partial charge in [0.05, 0.1) is 30.3 Å². The highest BCUT2D eigenvalue weighted by molar-refractivity contribution is 8.18. The smallest absolute Gasteiger partial charge is 0.344 e. The highest BCUT2D eigenvalue weighted by Gasteiger charge is 2.33.